The van der Waals surface area contributed by atoms with Crippen LogP contribution in [0.25, 0.3) is 0 Å². The van der Waals surface area contributed by atoms with Gasteiger partial charge in [-0.25, -0.2) is 0 Å². The maximum absolute atomic E-state index is 12.5. The number of nitrogen functional groups attached to an aromatic ring is 1. The number of furan rings is 1. The molecule has 0 fully saturated rings. The normalized spacial score (nSPS) is 11.8. The van der Waals surface area contributed by atoms with Gasteiger partial charge in [-0.1, -0.05) is 0 Å². The largest absolute Gasteiger partial charge is 0.453 e. The molecule has 0 unspecified atom stereocenters. The Morgan fingerprint density at radius 2 is 1.95 bits per heavy atom. The number of rotatable bonds is 3. The predicted molar refractivity (Wildman–Crippen MR) is 71.8 cm³/mol. The van der Waals surface area contributed by atoms with Crippen molar-refractivity contribution in [2.24, 2.45) is 0 Å². The third kappa shape index (κ3) is 3.70. The van der Waals surface area contributed by atoms with Crippen LogP contribution in [-0.2, 0) is 11.9 Å². The van der Waals surface area contributed by atoms with Crippen LogP contribution < -0.4 is 5.73 Å². The number of anilines is 1. The van der Waals surface area contributed by atoms with E-state index in [1.54, 1.807) is 12.1 Å². The summed E-state index contributed by atoms with van der Waals surface area (Å²) in [5.41, 5.74) is 5.00. The van der Waals surface area contributed by atoms with Crippen molar-refractivity contribution < 1.29 is 17.6 Å². The zero-order chi connectivity index (χ0) is 14.0. The number of benzene rings is 1. The van der Waals surface area contributed by atoms with Crippen LogP contribution in [0.5, 0.6) is 0 Å². The van der Waals surface area contributed by atoms with Crippen molar-refractivity contribution in [2.75, 3.05) is 5.73 Å². The Hall–Kier alpha value is -1.08. The number of hydrogen-bond acceptors (Lipinski definition) is 3. The Morgan fingerprint density at radius 3 is 2.47 bits per heavy atom. The summed E-state index contributed by atoms with van der Waals surface area (Å²) >= 11 is 4.50. The molecule has 2 N–H and O–H groups in total. The number of alkyl halides is 3. The lowest BCUT2D eigenvalue weighted by atomic mass is 10.2. The van der Waals surface area contributed by atoms with Gasteiger partial charge in [0.25, 0.3) is 0 Å². The van der Waals surface area contributed by atoms with Crippen molar-refractivity contribution in [3.63, 3.8) is 0 Å². The second-order valence-electron chi connectivity index (χ2n) is 3.74. The molecule has 102 valence electrons. The molecule has 0 aliphatic heterocycles. The molecule has 1 heterocycles. The first kappa shape index (κ1) is 14.3. The summed E-state index contributed by atoms with van der Waals surface area (Å²) in [6.45, 7) is 0. The Bertz CT molecular complexity index is 583. The topological polar surface area (TPSA) is 39.2 Å². The molecule has 2 aromatic rings. The molecular weight excluding hydrogens is 343 g/mol. The standard InChI is InChI=1S/C12H9BrF3NOS/c13-11-4-2-8(18-11)6-19-10-3-1-7(5-9(10)17)12(14,15)16/h1-5H,6,17H2. The quantitative estimate of drug-likeness (QED) is 0.629. The first-order chi connectivity index (χ1) is 8.86. The van der Waals surface area contributed by atoms with Crippen LogP contribution in [0.1, 0.15) is 11.3 Å². The van der Waals surface area contributed by atoms with Crippen molar-refractivity contribution in [3.05, 3.63) is 46.3 Å². The van der Waals surface area contributed by atoms with Gasteiger partial charge in [0.2, 0.25) is 0 Å². The van der Waals surface area contributed by atoms with E-state index in [-0.39, 0.29) is 5.69 Å². The van der Waals surface area contributed by atoms with Crippen LogP contribution in [0, 0.1) is 0 Å². The van der Waals surface area contributed by atoms with Gasteiger partial charge in [0.1, 0.15) is 5.76 Å². The molecule has 7 heteroatoms. The summed E-state index contributed by atoms with van der Waals surface area (Å²) in [5, 5.41) is 0. The molecule has 0 bridgehead atoms. The second-order valence-corrected chi connectivity index (χ2v) is 5.54. The monoisotopic (exact) mass is 351 g/mol. The number of hydrogen-bond donors (Lipinski definition) is 1. The van der Waals surface area contributed by atoms with Gasteiger partial charge in [-0.3, -0.25) is 0 Å². The van der Waals surface area contributed by atoms with Gasteiger partial charge in [0.05, 0.1) is 11.3 Å². The Balaban J connectivity index is 2.09. The minimum Gasteiger partial charge on any atom is -0.453 e. The first-order valence-corrected chi connectivity index (χ1v) is 6.98. The lowest BCUT2D eigenvalue weighted by Crippen LogP contribution is -2.05. The van der Waals surface area contributed by atoms with E-state index in [2.05, 4.69) is 15.9 Å². The highest BCUT2D eigenvalue weighted by molar-refractivity contribution is 9.10. The first-order valence-electron chi connectivity index (χ1n) is 5.20. The lowest BCUT2D eigenvalue weighted by molar-refractivity contribution is -0.137. The van der Waals surface area contributed by atoms with Crippen LogP contribution >= 0.6 is 27.7 Å². The minimum atomic E-state index is -4.37. The zero-order valence-electron chi connectivity index (χ0n) is 9.50. The molecule has 2 rings (SSSR count). The van der Waals surface area contributed by atoms with E-state index in [1.807, 2.05) is 0 Å². The highest BCUT2D eigenvalue weighted by Crippen LogP contribution is 2.35. The molecule has 0 saturated heterocycles. The molecule has 0 aliphatic rings. The van der Waals surface area contributed by atoms with Crippen molar-refractivity contribution in [1.82, 2.24) is 0 Å². The summed E-state index contributed by atoms with van der Waals surface area (Å²) in [4.78, 5) is 0.598. The molecule has 0 radical (unpaired) electrons. The molecule has 0 atom stereocenters. The van der Waals surface area contributed by atoms with Crippen LogP contribution in [0.4, 0.5) is 18.9 Å². The average molecular weight is 352 g/mol. The van der Waals surface area contributed by atoms with Gasteiger partial charge >= 0.3 is 6.18 Å². The highest BCUT2D eigenvalue weighted by atomic mass is 79.9. The summed E-state index contributed by atoms with van der Waals surface area (Å²) in [6, 6.07) is 6.89. The van der Waals surface area contributed by atoms with Crippen LogP contribution in [0.15, 0.2) is 44.3 Å². The average Bonchev–Trinajstić information content (AvgIpc) is 2.72. The summed E-state index contributed by atoms with van der Waals surface area (Å²) in [7, 11) is 0. The molecule has 1 aromatic carbocycles. The third-order valence-corrected chi connectivity index (χ3v) is 3.87. The molecule has 0 amide bonds. The molecule has 0 saturated carbocycles. The zero-order valence-corrected chi connectivity index (χ0v) is 11.9. The smallest absolute Gasteiger partial charge is 0.416 e. The van der Waals surface area contributed by atoms with Crippen molar-refractivity contribution >= 4 is 33.4 Å². The van der Waals surface area contributed by atoms with Gasteiger partial charge < -0.3 is 10.2 Å². The van der Waals surface area contributed by atoms with Gasteiger partial charge in [0, 0.05) is 10.6 Å². The van der Waals surface area contributed by atoms with Gasteiger partial charge in [-0.05, 0) is 46.3 Å². The highest BCUT2D eigenvalue weighted by Gasteiger charge is 2.30. The predicted octanol–water partition coefficient (Wildman–Crippen LogP) is 4.94. The molecule has 0 aliphatic carbocycles. The van der Waals surface area contributed by atoms with Crippen LogP contribution in [0.3, 0.4) is 0 Å². The van der Waals surface area contributed by atoms with Crippen molar-refractivity contribution in [2.45, 2.75) is 16.8 Å². The van der Waals surface area contributed by atoms with Crippen LogP contribution in [0.2, 0.25) is 0 Å². The SMILES string of the molecule is Nc1cc(C(F)(F)F)ccc1SCc1ccc(Br)o1. The van der Waals surface area contributed by atoms with E-state index >= 15 is 0 Å². The number of nitrogens with two attached hydrogens (primary N) is 1. The molecule has 0 spiro atoms. The molecular formula is C12H9BrF3NOS. The van der Waals surface area contributed by atoms with Gasteiger partial charge in [0.15, 0.2) is 4.67 Å². The second kappa shape index (κ2) is 5.50. The van der Waals surface area contributed by atoms with Crippen LogP contribution in [-0.4, -0.2) is 0 Å². The Kier molecular flexibility index (Phi) is 4.15. The van der Waals surface area contributed by atoms with Crippen molar-refractivity contribution in [1.29, 1.82) is 0 Å². The molecule has 2 nitrogen and oxygen atoms in total. The van der Waals surface area contributed by atoms with E-state index in [0.29, 0.717) is 15.3 Å². The molecule has 1 aromatic heterocycles. The fourth-order valence-corrected chi connectivity index (χ4v) is 2.62. The maximum Gasteiger partial charge on any atom is 0.416 e. The van der Waals surface area contributed by atoms with Gasteiger partial charge in [-0.15, -0.1) is 11.8 Å². The van der Waals surface area contributed by atoms with Gasteiger partial charge in [-0.2, -0.15) is 13.2 Å². The van der Waals surface area contributed by atoms with E-state index < -0.39 is 11.7 Å². The Labute approximate surface area is 120 Å². The fraction of sp³-hybridized carbons (Fsp3) is 0.167. The third-order valence-electron chi connectivity index (χ3n) is 2.34. The summed E-state index contributed by atoms with van der Waals surface area (Å²) in [6.07, 6.45) is -4.37. The minimum absolute atomic E-state index is 0.116. The lowest BCUT2D eigenvalue weighted by Gasteiger charge is -2.10. The van der Waals surface area contributed by atoms with Crippen molar-refractivity contribution in [3.8, 4) is 0 Å². The maximum atomic E-state index is 12.5. The number of halogens is 4. The summed E-state index contributed by atoms with van der Waals surface area (Å²) in [5.74, 6) is 1.22. The summed E-state index contributed by atoms with van der Waals surface area (Å²) < 4.78 is 43.3. The number of thioether (sulfide) groups is 1. The van der Waals surface area contributed by atoms with E-state index in [0.717, 1.165) is 17.9 Å². The van der Waals surface area contributed by atoms with E-state index in [4.69, 9.17) is 10.2 Å². The Morgan fingerprint density at radius 1 is 1.21 bits per heavy atom. The molecule has 19 heavy (non-hydrogen) atoms. The van der Waals surface area contributed by atoms with E-state index in [1.165, 1.54) is 17.8 Å². The fourth-order valence-electron chi connectivity index (χ4n) is 1.43. The van der Waals surface area contributed by atoms with E-state index in [9.17, 15) is 13.2 Å².